The van der Waals surface area contributed by atoms with Crippen LogP contribution in [0.2, 0.25) is 0 Å². The van der Waals surface area contributed by atoms with Crippen LogP contribution in [-0.2, 0) is 11.8 Å². The lowest BCUT2D eigenvalue weighted by Crippen LogP contribution is -2.40. The Balaban J connectivity index is 1.98. The van der Waals surface area contributed by atoms with Crippen molar-refractivity contribution in [1.82, 2.24) is 15.1 Å². The Kier molecular flexibility index (Phi) is 3.47. The number of ether oxygens (including phenoxy) is 1. The highest BCUT2D eigenvalue weighted by Gasteiger charge is 2.24. The van der Waals surface area contributed by atoms with E-state index in [0.29, 0.717) is 5.56 Å². The van der Waals surface area contributed by atoms with Gasteiger partial charge in [0.15, 0.2) is 0 Å². The van der Waals surface area contributed by atoms with Crippen LogP contribution in [0.5, 0.6) is 0 Å². The van der Waals surface area contributed by atoms with Crippen molar-refractivity contribution >= 4 is 5.91 Å². The fourth-order valence-electron chi connectivity index (χ4n) is 2.20. The minimum atomic E-state index is -0.0707. The smallest absolute Gasteiger partial charge is 0.255 e. The van der Waals surface area contributed by atoms with E-state index in [0.717, 1.165) is 25.1 Å². The van der Waals surface area contributed by atoms with E-state index in [4.69, 9.17) is 4.74 Å². The van der Waals surface area contributed by atoms with E-state index >= 15 is 0 Å². The third-order valence-corrected chi connectivity index (χ3v) is 3.14. The quantitative estimate of drug-likeness (QED) is 0.854. The van der Waals surface area contributed by atoms with Gasteiger partial charge >= 0.3 is 0 Å². The molecule has 2 rings (SSSR count). The summed E-state index contributed by atoms with van der Waals surface area (Å²) in [6, 6.07) is 0.0459. The molecular weight excluding hydrogens is 218 g/mol. The first-order valence-corrected chi connectivity index (χ1v) is 6.00. The van der Waals surface area contributed by atoms with Gasteiger partial charge in [0.1, 0.15) is 0 Å². The maximum Gasteiger partial charge on any atom is 0.255 e. The van der Waals surface area contributed by atoms with Crippen molar-refractivity contribution in [1.29, 1.82) is 0 Å². The molecule has 94 valence electrons. The molecule has 0 aliphatic carbocycles. The number of aryl methyl sites for hydroxylation is 2. The Bertz CT molecular complexity index is 408. The van der Waals surface area contributed by atoms with E-state index in [-0.39, 0.29) is 18.1 Å². The monoisotopic (exact) mass is 237 g/mol. The molecule has 5 nitrogen and oxygen atoms in total. The van der Waals surface area contributed by atoms with Gasteiger partial charge in [0.25, 0.3) is 5.91 Å². The zero-order chi connectivity index (χ0) is 12.4. The summed E-state index contributed by atoms with van der Waals surface area (Å²) in [5.41, 5.74) is 1.39. The largest absolute Gasteiger partial charge is 0.376 e. The zero-order valence-electron chi connectivity index (χ0n) is 10.6. The van der Waals surface area contributed by atoms with E-state index in [1.807, 2.05) is 20.9 Å². The lowest BCUT2D eigenvalue weighted by atomic mass is 10.1. The number of carbonyl (C=O) groups is 1. The minimum absolute atomic E-state index is 0.0459. The van der Waals surface area contributed by atoms with Crippen LogP contribution in [0.3, 0.4) is 0 Å². The van der Waals surface area contributed by atoms with Crippen molar-refractivity contribution in [3.05, 3.63) is 17.5 Å². The molecule has 0 radical (unpaired) electrons. The molecule has 0 spiro atoms. The molecule has 0 bridgehead atoms. The molecule has 0 unspecified atom stereocenters. The maximum absolute atomic E-state index is 12.0. The zero-order valence-corrected chi connectivity index (χ0v) is 10.6. The fourth-order valence-corrected chi connectivity index (χ4v) is 2.20. The van der Waals surface area contributed by atoms with E-state index in [9.17, 15) is 4.79 Å². The first kappa shape index (κ1) is 12.1. The Morgan fingerprint density at radius 1 is 1.71 bits per heavy atom. The highest BCUT2D eigenvalue weighted by molar-refractivity contribution is 5.95. The normalized spacial score (nSPS) is 21.5. The number of rotatable bonds is 3. The maximum atomic E-state index is 12.0. The summed E-state index contributed by atoms with van der Waals surface area (Å²) in [7, 11) is 1.81. The molecule has 1 aromatic rings. The highest BCUT2D eigenvalue weighted by atomic mass is 16.5. The molecule has 1 aliphatic rings. The van der Waals surface area contributed by atoms with E-state index < -0.39 is 0 Å². The van der Waals surface area contributed by atoms with Crippen molar-refractivity contribution in [3.8, 4) is 0 Å². The standard InChI is InChI=1S/C12H19N3O2/c1-8-10(7-15(3)14-8)12(16)13-9(2)11-5-4-6-17-11/h7,9,11H,4-6H2,1-3H3,(H,13,16)/t9-,11+/m0/s1. The molecule has 1 amide bonds. The summed E-state index contributed by atoms with van der Waals surface area (Å²) >= 11 is 0. The lowest BCUT2D eigenvalue weighted by Gasteiger charge is -2.19. The molecule has 1 N–H and O–H groups in total. The Hall–Kier alpha value is -1.36. The van der Waals surface area contributed by atoms with E-state index in [1.54, 1.807) is 10.9 Å². The molecule has 2 atom stereocenters. The molecule has 0 saturated carbocycles. The van der Waals surface area contributed by atoms with Crippen LogP contribution < -0.4 is 5.32 Å². The molecule has 2 heterocycles. The highest BCUT2D eigenvalue weighted by Crippen LogP contribution is 2.16. The third-order valence-electron chi connectivity index (χ3n) is 3.14. The van der Waals surface area contributed by atoms with Crippen molar-refractivity contribution in [3.63, 3.8) is 0 Å². The Labute approximate surface area is 101 Å². The lowest BCUT2D eigenvalue weighted by molar-refractivity contribution is 0.0712. The molecule has 1 aromatic heterocycles. The van der Waals surface area contributed by atoms with Crippen LogP contribution in [0, 0.1) is 6.92 Å². The number of hydrogen-bond acceptors (Lipinski definition) is 3. The van der Waals surface area contributed by atoms with Gasteiger partial charge in [0.05, 0.1) is 23.4 Å². The predicted octanol–water partition coefficient (Wildman–Crippen LogP) is 1.03. The minimum Gasteiger partial charge on any atom is -0.376 e. The fraction of sp³-hybridized carbons (Fsp3) is 0.667. The first-order chi connectivity index (χ1) is 8.08. The van der Waals surface area contributed by atoms with Gasteiger partial charge in [-0.05, 0) is 26.7 Å². The summed E-state index contributed by atoms with van der Waals surface area (Å²) in [6.07, 6.45) is 3.99. The molecule has 5 heteroatoms. The molecule has 1 fully saturated rings. The third kappa shape index (κ3) is 2.66. The van der Waals surface area contributed by atoms with Gasteiger partial charge in [0.2, 0.25) is 0 Å². The van der Waals surface area contributed by atoms with Crippen molar-refractivity contribution in [2.75, 3.05) is 6.61 Å². The molecule has 1 aliphatic heterocycles. The van der Waals surface area contributed by atoms with Crippen molar-refractivity contribution < 1.29 is 9.53 Å². The summed E-state index contributed by atoms with van der Waals surface area (Å²) in [5.74, 6) is -0.0707. The SMILES string of the molecule is Cc1nn(C)cc1C(=O)N[C@@H](C)[C@H]1CCCO1. The number of nitrogens with zero attached hydrogens (tertiary/aromatic N) is 2. The van der Waals surface area contributed by atoms with Crippen LogP contribution in [0.4, 0.5) is 0 Å². The number of aromatic nitrogens is 2. The topological polar surface area (TPSA) is 56.2 Å². The van der Waals surface area contributed by atoms with Gasteiger partial charge in [-0.1, -0.05) is 0 Å². The van der Waals surface area contributed by atoms with Gasteiger partial charge < -0.3 is 10.1 Å². The molecule has 0 aromatic carbocycles. The van der Waals surface area contributed by atoms with Crippen LogP contribution in [0.25, 0.3) is 0 Å². The van der Waals surface area contributed by atoms with Gasteiger partial charge in [-0.15, -0.1) is 0 Å². The van der Waals surface area contributed by atoms with E-state index in [2.05, 4.69) is 10.4 Å². The predicted molar refractivity (Wildman–Crippen MR) is 63.8 cm³/mol. The van der Waals surface area contributed by atoms with Crippen LogP contribution in [0.1, 0.15) is 35.8 Å². The Morgan fingerprint density at radius 3 is 3.00 bits per heavy atom. The first-order valence-electron chi connectivity index (χ1n) is 6.00. The van der Waals surface area contributed by atoms with Gasteiger partial charge in [-0.25, -0.2) is 0 Å². The van der Waals surface area contributed by atoms with Gasteiger partial charge in [0, 0.05) is 19.9 Å². The molecule has 1 saturated heterocycles. The molecule has 17 heavy (non-hydrogen) atoms. The average Bonchev–Trinajstić information content (AvgIpc) is 2.87. The number of nitrogens with one attached hydrogen (secondary N) is 1. The van der Waals surface area contributed by atoms with Crippen LogP contribution >= 0.6 is 0 Å². The van der Waals surface area contributed by atoms with Gasteiger partial charge in [-0.2, -0.15) is 5.10 Å². The molecular formula is C12H19N3O2. The summed E-state index contributed by atoms with van der Waals surface area (Å²) in [6.45, 7) is 4.63. The summed E-state index contributed by atoms with van der Waals surface area (Å²) < 4.78 is 7.21. The van der Waals surface area contributed by atoms with Crippen LogP contribution in [0.15, 0.2) is 6.20 Å². The number of hydrogen-bond donors (Lipinski definition) is 1. The number of amides is 1. The average molecular weight is 237 g/mol. The Morgan fingerprint density at radius 2 is 2.47 bits per heavy atom. The second-order valence-corrected chi connectivity index (χ2v) is 4.62. The second-order valence-electron chi connectivity index (χ2n) is 4.62. The number of carbonyl (C=O) groups excluding carboxylic acids is 1. The van der Waals surface area contributed by atoms with Crippen molar-refractivity contribution in [2.45, 2.75) is 38.8 Å². The van der Waals surface area contributed by atoms with E-state index in [1.165, 1.54) is 0 Å². The van der Waals surface area contributed by atoms with Crippen molar-refractivity contribution in [2.24, 2.45) is 7.05 Å². The summed E-state index contributed by atoms with van der Waals surface area (Å²) in [4.78, 5) is 12.0. The van der Waals surface area contributed by atoms with Crippen LogP contribution in [-0.4, -0.2) is 34.4 Å². The van der Waals surface area contributed by atoms with Gasteiger partial charge in [-0.3, -0.25) is 9.48 Å². The second kappa shape index (κ2) is 4.87. The summed E-state index contributed by atoms with van der Waals surface area (Å²) in [5, 5.41) is 7.14.